The molecule has 1 aliphatic heterocycles. The number of anilines is 1. The Morgan fingerprint density at radius 3 is 2.85 bits per heavy atom. The summed E-state index contributed by atoms with van der Waals surface area (Å²) in [5.41, 5.74) is 6.19. The van der Waals surface area contributed by atoms with E-state index in [1.54, 1.807) is 24.0 Å². The number of amides is 1. The van der Waals surface area contributed by atoms with E-state index in [1.807, 2.05) is 4.90 Å². The molecule has 20 heavy (non-hydrogen) atoms. The Hall–Kier alpha value is -1.60. The van der Waals surface area contributed by atoms with Gasteiger partial charge >= 0.3 is 0 Å². The van der Waals surface area contributed by atoms with Crippen LogP contribution < -0.4 is 5.73 Å². The van der Waals surface area contributed by atoms with Crippen molar-refractivity contribution < 1.29 is 9.90 Å². The molecule has 0 aliphatic carbocycles. The third-order valence-corrected chi connectivity index (χ3v) is 3.55. The molecule has 2 rings (SSSR count). The fourth-order valence-corrected chi connectivity index (χ4v) is 2.52. The van der Waals surface area contributed by atoms with E-state index in [2.05, 4.69) is 10.00 Å². The summed E-state index contributed by atoms with van der Waals surface area (Å²) in [6.45, 7) is 5.87. The second-order valence-corrected chi connectivity index (χ2v) is 5.31. The van der Waals surface area contributed by atoms with Crippen LogP contribution in [0.4, 0.5) is 5.69 Å². The molecule has 112 valence electrons. The van der Waals surface area contributed by atoms with Crippen LogP contribution in [0.2, 0.25) is 0 Å². The maximum atomic E-state index is 11.4. The number of carbonyl (C=O) groups excluding carboxylic acids is 1. The zero-order chi connectivity index (χ0) is 14.5. The van der Waals surface area contributed by atoms with E-state index in [0.29, 0.717) is 18.8 Å². The van der Waals surface area contributed by atoms with E-state index in [1.165, 1.54) is 0 Å². The van der Waals surface area contributed by atoms with Gasteiger partial charge in [0.25, 0.3) is 0 Å². The van der Waals surface area contributed by atoms with Crippen molar-refractivity contribution >= 4 is 11.6 Å². The Kier molecular flexibility index (Phi) is 4.97. The lowest BCUT2D eigenvalue weighted by Crippen LogP contribution is -2.38. The van der Waals surface area contributed by atoms with Gasteiger partial charge in [-0.2, -0.15) is 5.10 Å². The average molecular weight is 281 g/mol. The van der Waals surface area contributed by atoms with Gasteiger partial charge in [-0.3, -0.25) is 14.4 Å². The van der Waals surface area contributed by atoms with Crippen LogP contribution in [-0.2, 0) is 11.3 Å². The first-order valence-electron chi connectivity index (χ1n) is 6.98. The summed E-state index contributed by atoms with van der Waals surface area (Å²) in [6.07, 6.45) is 3.74. The molecule has 1 fully saturated rings. The van der Waals surface area contributed by atoms with Gasteiger partial charge in [-0.1, -0.05) is 0 Å². The van der Waals surface area contributed by atoms with Crippen LogP contribution in [0.1, 0.15) is 13.3 Å². The molecule has 1 atom stereocenters. The van der Waals surface area contributed by atoms with Crippen molar-refractivity contribution in [1.29, 1.82) is 0 Å². The highest BCUT2D eigenvalue weighted by Gasteiger charge is 2.18. The number of aliphatic hydroxyl groups is 1. The van der Waals surface area contributed by atoms with Gasteiger partial charge in [-0.15, -0.1) is 0 Å². The fraction of sp³-hybridized carbons (Fsp3) is 0.692. The molecule has 0 radical (unpaired) electrons. The number of nitrogens with two attached hydrogens (primary N) is 1. The number of carbonyl (C=O) groups is 1. The third-order valence-electron chi connectivity index (χ3n) is 3.55. The van der Waals surface area contributed by atoms with Crippen LogP contribution in [0.25, 0.3) is 0 Å². The molecule has 1 unspecified atom stereocenters. The van der Waals surface area contributed by atoms with Crippen molar-refractivity contribution in [2.75, 3.05) is 38.5 Å². The minimum absolute atomic E-state index is 0.124. The maximum Gasteiger partial charge on any atom is 0.219 e. The molecular weight excluding hydrogens is 258 g/mol. The van der Waals surface area contributed by atoms with Crippen molar-refractivity contribution in [3.8, 4) is 0 Å². The second kappa shape index (κ2) is 6.71. The number of aromatic nitrogens is 2. The van der Waals surface area contributed by atoms with Gasteiger partial charge in [-0.05, 0) is 13.0 Å². The Bertz CT molecular complexity index is 448. The molecule has 3 N–H and O–H groups in total. The normalized spacial score (nSPS) is 18.8. The third kappa shape index (κ3) is 4.21. The van der Waals surface area contributed by atoms with Gasteiger partial charge < -0.3 is 15.7 Å². The summed E-state index contributed by atoms with van der Waals surface area (Å²) >= 11 is 0. The summed E-state index contributed by atoms with van der Waals surface area (Å²) in [4.78, 5) is 15.4. The van der Waals surface area contributed by atoms with Crippen LogP contribution in [-0.4, -0.2) is 69.4 Å². The van der Waals surface area contributed by atoms with Crippen LogP contribution in [0.15, 0.2) is 12.4 Å². The van der Waals surface area contributed by atoms with Gasteiger partial charge in [0, 0.05) is 39.3 Å². The molecule has 1 aromatic rings. The van der Waals surface area contributed by atoms with E-state index < -0.39 is 6.10 Å². The summed E-state index contributed by atoms with van der Waals surface area (Å²) in [7, 11) is 0. The molecule has 1 amide bonds. The molecule has 1 saturated heterocycles. The van der Waals surface area contributed by atoms with E-state index in [4.69, 9.17) is 5.73 Å². The van der Waals surface area contributed by atoms with E-state index >= 15 is 0 Å². The number of hydrogen-bond acceptors (Lipinski definition) is 5. The maximum absolute atomic E-state index is 11.4. The van der Waals surface area contributed by atoms with Gasteiger partial charge in [0.15, 0.2) is 0 Å². The number of β-amino-alcohol motifs (C(OH)–C–C–N with tert-alkyl or cyclic N) is 1. The first kappa shape index (κ1) is 14.8. The Morgan fingerprint density at radius 1 is 1.40 bits per heavy atom. The smallest absolute Gasteiger partial charge is 0.219 e. The lowest BCUT2D eigenvalue weighted by molar-refractivity contribution is -0.128. The Balaban J connectivity index is 1.79. The van der Waals surface area contributed by atoms with Crippen molar-refractivity contribution in [2.24, 2.45) is 0 Å². The zero-order valence-corrected chi connectivity index (χ0v) is 11.9. The van der Waals surface area contributed by atoms with Gasteiger partial charge in [0.1, 0.15) is 0 Å². The molecule has 0 saturated carbocycles. The number of aliphatic hydroxyl groups excluding tert-OH is 1. The molecule has 1 aliphatic rings. The predicted octanol–water partition coefficient (Wildman–Crippen LogP) is -0.620. The van der Waals surface area contributed by atoms with Crippen LogP contribution in [0.3, 0.4) is 0 Å². The quantitative estimate of drug-likeness (QED) is 0.768. The van der Waals surface area contributed by atoms with Crippen molar-refractivity contribution in [3.63, 3.8) is 0 Å². The molecule has 1 aromatic heterocycles. The largest absolute Gasteiger partial charge is 0.396 e. The Morgan fingerprint density at radius 2 is 2.20 bits per heavy atom. The zero-order valence-electron chi connectivity index (χ0n) is 11.9. The topological polar surface area (TPSA) is 87.6 Å². The predicted molar refractivity (Wildman–Crippen MR) is 76.0 cm³/mol. The minimum Gasteiger partial charge on any atom is -0.396 e. The summed E-state index contributed by atoms with van der Waals surface area (Å²) < 4.78 is 1.65. The first-order chi connectivity index (χ1) is 9.54. The minimum atomic E-state index is -0.488. The van der Waals surface area contributed by atoms with Crippen molar-refractivity contribution in [2.45, 2.75) is 26.0 Å². The fourth-order valence-electron chi connectivity index (χ4n) is 2.52. The van der Waals surface area contributed by atoms with Crippen LogP contribution in [0, 0.1) is 0 Å². The molecule has 2 heterocycles. The average Bonchev–Trinajstić information content (AvgIpc) is 2.63. The Labute approximate surface area is 118 Å². The van der Waals surface area contributed by atoms with Gasteiger partial charge in [-0.25, -0.2) is 0 Å². The standard InChI is InChI=1S/C13H23N5O2/c1-11(19)17-4-2-3-16(5-6-17)9-13(20)10-18-8-12(14)7-15-18/h7-8,13,20H,2-6,9-10,14H2,1H3. The highest BCUT2D eigenvalue weighted by molar-refractivity contribution is 5.73. The molecule has 7 heteroatoms. The summed E-state index contributed by atoms with van der Waals surface area (Å²) in [6, 6.07) is 0. The molecule has 0 aromatic carbocycles. The van der Waals surface area contributed by atoms with E-state index in [-0.39, 0.29) is 5.91 Å². The lowest BCUT2D eigenvalue weighted by Gasteiger charge is -2.23. The highest BCUT2D eigenvalue weighted by atomic mass is 16.3. The lowest BCUT2D eigenvalue weighted by atomic mass is 10.3. The highest BCUT2D eigenvalue weighted by Crippen LogP contribution is 2.06. The van der Waals surface area contributed by atoms with E-state index in [0.717, 1.165) is 32.6 Å². The van der Waals surface area contributed by atoms with Crippen LogP contribution in [0.5, 0.6) is 0 Å². The number of hydrogen-bond donors (Lipinski definition) is 2. The molecule has 0 bridgehead atoms. The molecular formula is C13H23N5O2. The van der Waals surface area contributed by atoms with Crippen LogP contribution >= 0.6 is 0 Å². The number of rotatable bonds is 4. The van der Waals surface area contributed by atoms with Gasteiger partial charge in [0.05, 0.1) is 24.5 Å². The molecule has 7 nitrogen and oxygen atoms in total. The summed E-state index contributed by atoms with van der Waals surface area (Å²) in [5.74, 6) is 0.124. The first-order valence-corrected chi connectivity index (χ1v) is 6.98. The second-order valence-electron chi connectivity index (χ2n) is 5.31. The van der Waals surface area contributed by atoms with Crippen molar-refractivity contribution in [3.05, 3.63) is 12.4 Å². The monoisotopic (exact) mass is 281 g/mol. The van der Waals surface area contributed by atoms with E-state index in [9.17, 15) is 9.90 Å². The SMILES string of the molecule is CC(=O)N1CCCN(CC(O)Cn2cc(N)cn2)CC1. The van der Waals surface area contributed by atoms with Crippen molar-refractivity contribution in [1.82, 2.24) is 19.6 Å². The number of nitrogen functional groups attached to an aromatic ring is 1. The number of nitrogens with zero attached hydrogens (tertiary/aromatic N) is 4. The molecule has 0 spiro atoms. The van der Waals surface area contributed by atoms with Gasteiger partial charge in [0.2, 0.25) is 5.91 Å². The summed E-state index contributed by atoms with van der Waals surface area (Å²) in [5, 5.41) is 14.2.